The van der Waals surface area contributed by atoms with Crippen molar-refractivity contribution in [1.82, 2.24) is 24.3 Å². The van der Waals surface area contributed by atoms with Gasteiger partial charge in [0.15, 0.2) is 5.75 Å². The van der Waals surface area contributed by atoms with Crippen molar-refractivity contribution < 1.29 is 18.9 Å². The van der Waals surface area contributed by atoms with Gasteiger partial charge in [-0.1, -0.05) is 87.8 Å². The van der Waals surface area contributed by atoms with Crippen LogP contribution in [0.2, 0.25) is 0 Å². The number of aromatic nitrogens is 2. The molecule has 0 aliphatic heterocycles. The molecule has 9 nitrogen and oxygen atoms in total. The zero-order chi connectivity index (χ0) is 41.2. The Bertz CT molecular complexity index is 1740. The number of nitrogens with zero attached hydrogens (tertiary/aromatic N) is 5. The van der Waals surface area contributed by atoms with Gasteiger partial charge in [-0.05, 0) is 100 Å². The van der Waals surface area contributed by atoms with Crippen LogP contribution < -0.4 is 18.9 Å². The van der Waals surface area contributed by atoms with Gasteiger partial charge in [0.25, 0.3) is 0 Å². The van der Waals surface area contributed by atoms with Gasteiger partial charge >= 0.3 is 0 Å². The van der Waals surface area contributed by atoms with Gasteiger partial charge in [-0.15, -0.1) is 0 Å². The topological polar surface area (TPSA) is 64.5 Å². The monoisotopic (exact) mass is 786 g/mol. The summed E-state index contributed by atoms with van der Waals surface area (Å²) in [6.07, 6.45) is 4.89. The maximum Gasteiger partial charge on any atom is 0.150 e. The standard InChI is InChI=1S/C48H75N5O4/c1-11-18-31-53-43-35-41(57-39-24-22-38(23-25-39)48(8,9)10)37-45(56-34-21-30-52(16-6)17-7)46(43)49-47(53)42-27-26-40(54-32-19-28-50(12-2)13-3)36-44(42)55-33-20-29-51(14-4)15-5/h22-27,35-37H,11-21,28-34H2,1-10H3. The molecule has 0 N–H and O–H groups in total. The fourth-order valence-electron chi connectivity index (χ4n) is 7.18. The number of rotatable bonds is 27. The van der Waals surface area contributed by atoms with Gasteiger partial charge in [0.2, 0.25) is 0 Å². The second kappa shape index (κ2) is 23.6. The van der Waals surface area contributed by atoms with E-state index < -0.39 is 0 Å². The van der Waals surface area contributed by atoms with Crippen LogP contribution in [-0.2, 0) is 12.0 Å². The predicted octanol–water partition coefficient (Wildman–Crippen LogP) is 10.9. The zero-order valence-corrected chi connectivity index (χ0v) is 37.3. The van der Waals surface area contributed by atoms with E-state index in [1.807, 2.05) is 6.07 Å². The molecular formula is C48H75N5O4. The molecule has 0 saturated carbocycles. The van der Waals surface area contributed by atoms with Crippen molar-refractivity contribution in [3.63, 3.8) is 0 Å². The molecule has 0 spiro atoms. The summed E-state index contributed by atoms with van der Waals surface area (Å²) in [6, 6.07) is 18.8. The van der Waals surface area contributed by atoms with E-state index in [1.165, 1.54) is 5.56 Å². The Balaban J connectivity index is 1.76. The van der Waals surface area contributed by atoms with Gasteiger partial charge in [-0.3, -0.25) is 0 Å². The molecule has 4 rings (SSSR count). The largest absolute Gasteiger partial charge is 0.493 e. The van der Waals surface area contributed by atoms with Gasteiger partial charge in [0.1, 0.15) is 34.3 Å². The first-order chi connectivity index (χ1) is 27.6. The van der Waals surface area contributed by atoms with Crippen LogP contribution >= 0.6 is 0 Å². The number of hydrogen-bond donors (Lipinski definition) is 0. The Morgan fingerprint density at radius 2 is 1.07 bits per heavy atom. The average Bonchev–Trinajstić information content (AvgIpc) is 3.58. The van der Waals surface area contributed by atoms with Gasteiger partial charge in [0.05, 0.1) is 30.9 Å². The molecule has 57 heavy (non-hydrogen) atoms. The summed E-state index contributed by atoms with van der Waals surface area (Å²) in [4.78, 5) is 12.7. The molecule has 0 saturated heterocycles. The van der Waals surface area contributed by atoms with E-state index in [0.29, 0.717) is 19.8 Å². The van der Waals surface area contributed by atoms with Crippen LogP contribution in [0.3, 0.4) is 0 Å². The third-order valence-corrected chi connectivity index (χ3v) is 11.0. The minimum absolute atomic E-state index is 0.0647. The first kappa shape index (κ1) is 45.9. The molecule has 0 atom stereocenters. The molecule has 4 aromatic rings. The highest BCUT2D eigenvalue weighted by Crippen LogP contribution is 2.40. The predicted molar refractivity (Wildman–Crippen MR) is 239 cm³/mol. The Hall–Kier alpha value is -3.79. The lowest BCUT2D eigenvalue weighted by Gasteiger charge is -2.19. The number of fused-ring (bicyclic) bond motifs is 1. The maximum atomic E-state index is 6.67. The number of hydrogen-bond acceptors (Lipinski definition) is 8. The number of aryl methyl sites for hydroxylation is 1. The summed E-state index contributed by atoms with van der Waals surface area (Å²) in [5.74, 6) is 4.74. The van der Waals surface area contributed by atoms with Crippen LogP contribution in [-0.4, -0.2) is 103 Å². The summed E-state index contributed by atoms with van der Waals surface area (Å²) >= 11 is 0. The molecule has 0 unspecified atom stereocenters. The van der Waals surface area contributed by atoms with E-state index in [9.17, 15) is 0 Å². The van der Waals surface area contributed by atoms with Crippen LogP contribution in [0.5, 0.6) is 28.7 Å². The van der Waals surface area contributed by atoms with Crippen LogP contribution in [0.1, 0.15) is 107 Å². The first-order valence-corrected chi connectivity index (χ1v) is 22.1. The van der Waals surface area contributed by atoms with Crippen molar-refractivity contribution in [2.45, 2.75) is 113 Å². The zero-order valence-electron chi connectivity index (χ0n) is 37.3. The molecule has 0 aliphatic rings. The number of imidazole rings is 1. The molecule has 9 heteroatoms. The maximum absolute atomic E-state index is 6.67. The summed E-state index contributed by atoms with van der Waals surface area (Å²) in [5, 5.41) is 0. The minimum Gasteiger partial charge on any atom is -0.493 e. The average molecular weight is 786 g/mol. The smallest absolute Gasteiger partial charge is 0.150 e. The fourth-order valence-corrected chi connectivity index (χ4v) is 7.18. The van der Waals surface area contributed by atoms with Crippen LogP contribution in [0.25, 0.3) is 22.4 Å². The van der Waals surface area contributed by atoms with E-state index in [2.05, 4.69) is 137 Å². The van der Waals surface area contributed by atoms with Crippen molar-refractivity contribution in [3.8, 4) is 40.1 Å². The second-order valence-corrected chi connectivity index (χ2v) is 16.0. The lowest BCUT2D eigenvalue weighted by molar-refractivity contribution is 0.243. The Kier molecular flexibility index (Phi) is 19.0. The van der Waals surface area contributed by atoms with Crippen molar-refractivity contribution in [2.24, 2.45) is 0 Å². The summed E-state index contributed by atoms with van der Waals surface area (Å²) in [5.41, 5.74) is 4.11. The molecule has 0 fully saturated rings. The Morgan fingerprint density at radius 1 is 0.561 bits per heavy atom. The molecule has 1 heterocycles. The van der Waals surface area contributed by atoms with Gasteiger partial charge < -0.3 is 38.2 Å². The second-order valence-electron chi connectivity index (χ2n) is 16.0. The van der Waals surface area contributed by atoms with Crippen LogP contribution in [0.4, 0.5) is 0 Å². The highest BCUT2D eigenvalue weighted by atomic mass is 16.5. The van der Waals surface area contributed by atoms with E-state index in [4.69, 9.17) is 23.9 Å². The van der Waals surface area contributed by atoms with E-state index in [1.54, 1.807) is 0 Å². The summed E-state index contributed by atoms with van der Waals surface area (Å²) < 4.78 is 28.6. The van der Waals surface area contributed by atoms with Crippen molar-refractivity contribution >= 4 is 11.0 Å². The third kappa shape index (κ3) is 13.6. The van der Waals surface area contributed by atoms with Crippen LogP contribution in [0.15, 0.2) is 54.6 Å². The number of benzene rings is 3. The summed E-state index contributed by atoms with van der Waals surface area (Å²) in [6.45, 7) is 34.1. The van der Waals surface area contributed by atoms with Gasteiger partial charge in [-0.2, -0.15) is 0 Å². The Morgan fingerprint density at radius 3 is 1.60 bits per heavy atom. The normalized spacial score (nSPS) is 12.0. The van der Waals surface area contributed by atoms with E-state index in [0.717, 1.165) is 149 Å². The molecular weight excluding hydrogens is 711 g/mol. The van der Waals surface area contributed by atoms with E-state index >= 15 is 0 Å². The summed E-state index contributed by atoms with van der Waals surface area (Å²) in [7, 11) is 0. The molecule has 0 radical (unpaired) electrons. The molecule has 1 aromatic heterocycles. The first-order valence-electron chi connectivity index (χ1n) is 22.1. The van der Waals surface area contributed by atoms with Crippen molar-refractivity contribution in [2.75, 3.05) is 78.7 Å². The minimum atomic E-state index is 0.0647. The lowest BCUT2D eigenvalue weighted by Crippen LogP contribution is -2.25. The highest BCUT2D eigenvalue weighted by molar-refractivity contribution is 5.88. The highest BCUT2D eigenvalue weighted by Gasteiger charge is 2.22. The Labute approximate surface area is 345 Å². The number of unbranched alkanes of at least 4 members (excludes halogenated alkanes) is 1. The lowest BCUT2D eigenvalue weighted by atomic mass is 9.87. The molecule has 316 valence electrons. The molecule has 0 amide bonds. The van der Waals surface area contributed by atoms with Gasteiger partial charge in [-0.25, -0.2) is 4.98 Å². The van der Waals surface area contributed by atoms with Gasteiger partial charge in [0, 0.05) is 44.4 Å². The third-order valence-electron chi connectivity index (χ3n) is 11.0. The molecule has 3 aromatic carbocycles. The fraction of sp³-hybridized carbons (Fsp3) is 0.604. The van der Waals surface area contributed by atoms with Crippen LogP contribution in [0, 0.1) is 0 Å². The van der Waals surface area contributed by atoms with Crippen molar-refractivity contribution in [3.05, 3.63) is 60.2 Å². The van der Waals surface area contributed by atoms with E-state index in [-0.39, 0.29) is 5.41 Å². The molecule has 0 bridgehead atoms. The number of ether oxygens (including phenoxy) is 4. The van der Waals surface area contributed by atoms with Crippen molar-refractivity contribution in [1.29, 1.82) is 0 Å². The SMILES string of the molecule is CCCCn1c(-c2ccc(OCCCN(CC)CC)cc2OCCCN(CC)CC)nc2c(OCCCN(CC)CC)cc(Oc3ccc(C(C)(C)C)cc3)cc21. The molecule has 0 aliphatic carbocycles. The quantitative estimate of drug-likeness (QED) is 0.0554.